The zero-order chi connectivity index (χ0) is 14.2. The maximum absolute atomic E-state index is 2.42. The van der Waals surface area contributed by atoms with E-state index in [0.717, 1.165) is 5.92 Å². The van der Waals surface area contributed by atoms with E-state index in [1.807, 2.05) is 0 Å². The van der Waals surface area contributed by atoms with Crippen molar-refractivity contribution in [3.63, 3.8) is 0 Å². The molecule has 3 aromatic rings. The Bertz CT molecular complexity index is 793. The van der Waals surface area contributed by atoms with Crippen molar-refractivity contribution in [1.82, 2.24) is 0 Å². The third-order valence-electron chi connectivity index (χ3n) is 4.78. The van der Waals surface area contributed by atoms with Gasteiger partial charge < -0.3 is 0 Å². The zero-order valence-electron chi connectivity index (χ0n) is 12.5. The summed E-state index contributed by atoms with van der Waals surface area (Å²) in [7, 11) is 0. The van der Waals surface area contributed by atoms with Crippen molar-refractivity contribution < 1.29 is 0 Å². The van der Waals surface area contributed by atoms with Crippen molar-refractivity contribution in [2.75, 3.05) is 0 Å². The summed E-state index contributed by atoms with van der Waals surface area (Å²) in [5, 5.41) is 2.67. The smallest absolute Gasteiger partial charge is 0.0105 e. The Kier molecular flexibility index (Phi) is 3.03. The molecule has 0 saturated carbocycles. The predicted octanol–water partition coefficient (Wildman–Crippen LogP) is 5.63. The largest absolute Gasteiger partial charge is 0.0622 e. The van der Waals surface area contributed by atoms with Crippen LogP contribution in [0.5, 0.6) is 0 Å². The fourth-order valence-corrected chi connectivity index (χ4v) is 3.58. The standard InChI is InChI=1S/C21H20/c1-15-9-10-18-14-19(12-11-17(18)13-15)21-8-4-6-16-5-2-3-7-20(16)21/h2-8,11-12,14-15H,9-10,13H2,1H3. The van der Waals surface area contributed by atoms with Crippen molar-refractivity contribution in [1.29, 1.82) is 0 Å². The number of hydrogen-bond acceptors (Lipinski definition) is 0. The van der Waals surface area contributed by atoms with E-state index < -0.39 is 0 Å². The van der Waals surface area contributed by atoms with Crippen LogP contribution in [0.3, 0.4) is 0 Å². The molecule has 0 radical (unpaired) electrons. The minimum atomic E-state index is 0.834. The van der Waals surface area contributed by atoms with E-state index in [1.54, 1.807) is 11.1 Å². The predicted molar refractivity (Wildman–Crippen MR) is 90.6 cm³/mol. The molecule has 3 aromatic carbocycles. The number of hydrogen-bond donors (Lipinski definition) is 0. The van der Waals surface area contributed by atoms with Gasteiger partial charge in [0.05, 0.1) is 0 Å². The van der Waals surface area contributed by atoms with Gasteiger partial charge in [-0.2, -0.15) is 0 Å². The number of benzene rings is 3. The average molecular weight is 272 g/mol. The fourth-order valence-electron chi connectivity index (χ4n) is 3.58. The maximum Gasteiger partial charge on any atom is -0.0105 e. The van der Waals surface area contributed by atoms with E-state index in [2.05, 4.69) is 67.6 Å². The molecule has 1 aliphatic rings. The summed E-state index contributed by atoms with van der Waals surface area (Å²) in [6, 6.07) is 22.3. The molecule has 1 unspecified atom stereocenters. The van der Waals surface area contributed by atoms with Crippen LogP contribution in [0, 0.1) is 5.92 Å². The highest BCUT2D eigenvalue weighted by Crippen LogP contribution is 2.33. The van der Waals surface area contributed by atoms with Gasteiger partial charge in [-0.1, -0.05) is 67.6 Å². The lowest BCUT2D eigenvalue weighted by Gasteiger charge is -2.22. The third kappa shape index (κ3) is 2.25. The normalized spacial score (nSPS) is 17.7. The highest BCUT2D eigenvalue weighted by molar-refractivity contribution is 5.96. The lowest BCUT2D eigenvalue weighted by Crippen LogP contribution is -2.11. The topological polar surface area (TPSA) is 0 Å². The number of aryl methyl sites for hydroxylation is 1. The minimum absolute atomic E-state index is 0.834. The van der Waals surface area contributed by atoms with Crippen LogP contribution in [0.2, 0.25) is 0 Å². The second-order valence-electron chi connectivity index (χ2n) is 6.36. The van der Waals surface area contributed by atoms with Crippen LogP contribution in [0.15, 0.2) is 60.7 Å². The number of rotatable bonds is 1. The van der Waals surface area contributed by atoms with Gasteiger partial charge in [0.25, 0.3) is 0 Å². The first-order chi connectivity index (χ1) is 10.3. The van der Waals surface area contributed by atoms with Gasteiger partial charge in [0.2, 0.25) is 0 Å². The average Bonchev–Trinajstić information content (AvgIpc) is 2.54. The highest BCUT2D eigenvalue weighted by Gasteiger charge is 2.15. The first kappa shape index (κ1) is 12.6. The lowest BCUT2D eigenvalue weighted by molar-refractivity contribution is 0.501. The highest BCUT2D eigenvalue weighted by atomic mass is 14.2. The van der Waals surface area contributed by atoms with Crippen LogP contribution < -0.4 is 0 Å². The maximum atomic E-state index is 2.42. The van der Waals surface area contributed by atoms with Gasteiger partial charge in [-0.3, -0.25) is 0 Å². The number of fused-ring (bicyclic) bond motifs is 2. The Hall–Kier alpha value is -2.08. The van der Waals surface area contributed by atoms with Gasteiger partial charge in [0, 0.05) is 0 Å². The van der Waals surface area contributed by atoms with Crippen molar-refractivity contribution in [3.05, 3.63) is 71.8 Å². The molecule has 1 atom stereocenters. The van der Waals surface area contributed by atoms with Crippen molar-refractivity contribution in [2.24, 2.45) is 5.92 Å². The van der Waals surface area contributed by atoms with E-state index in [0.29, 0.717) is 0 Å². The lowest BCUT2D eigenvalue weighted by atomic mass is 9.83. The summed E-state index contributed by atoms with van der Waals surface area (Å²) < 4.78 is 0. The van der Waals surface area contributed by atoms with Gasteiger partial charge >= 0.3 is 0 Å². The molecular weight excluding hydrogens is 252 g/mol. The van der Waals surface area contributed by atoms with Gasteiger partial charge in [-0.25, -0.2) is 0 Å². The van der Waals surface area contributed by atoms with Crippen LogP contribution in [0.4, 0.5) is 0 Å². The molecule has 0 heteroatoms. The molecule has 0 nitrogen and oxygen atoms in total. The van der Waals surface area contributed by atoms with Gasteiger partial charge in [-0.05, 0) is 58.2 Å². The Balaban J connectivity index is 1.86. The van der Waals surface area contributed by atoms with Gasteiger partial charge in [0.15, 0.2) is 0 Å². The first-order valence-electron chi connectivity index (χ1n) is 7.91. The molecule has 21 heavy (non-hydrogen) atoms. The molecule has 0 bridgehead atoms. The Morgan fingerprint density at radius 2 is 1.71 bits per heavy atom. The molecule has 0 amide bonds. The second kappa shape index (κ2) is 5.04. The molecule has 0 aliphatic heterocycles. The molecule has 0 heterocycles. The summed E-state index contributed by atoms with van der Waals surface area (Å²) in [6.45, 7) is 2.36. The van der Waals surface area contributed by atoms with Crippen LogP contribution in [-0.4, -0.2) is 0 Å². The molecule has 4 rings (SSSR count). The van der Waals surface area contributed by atoms with E-state index in [-0.39, 0.29) is 0 Å². The van der Waals surface area contributed by atoms with Gasteiger partial charge in [-0.15, -0.1) is 0 Å². The molecule has 0 fully saturated rings. The first-order valence-corrected chi connectivity index (χ1v) is 7.91. The molecule has 0 N–H and O–H groups in total. The molecule has 0 saturated heterocycles. The van der Waals surface area contributed by atoms with Crippen LogP contribution in [0.1, 0.15) is 24.5 Å². The Labute approximate surface area is 126 Å². The monoisotopic (exact) mass is 272 g/mol. The van der Waals surface area contributed by atoms with Crippen LogP contribution in [-0.2, 0) is 12.8 Å². The molecule has 0 aromatic heterocycles. The summed E-state index contributed by atoms with van der Waals surface area (Å²) >= 11 is 0. The van der Waals surface area contributed by atoms with Crippen molar-refractivity contribution in [2.45, 2.75) is 26.2 Å². The summed E-state index contributed by atoms with van der Waals surface area (Å²) in [5.41, 5.74) is 5.82. The van der Waals surface area contributed by atoms with Crippen molar-refractivity contribution >= 4 is 10.8 Å². The van der Waals surface area contributed by atoms with Crippen LogP contribution in [0.25, 0.3) is 21.9 Å². The van der Waals surface area contributed by atoms with E-state index >= 15 is 0 Å². The Morgan fingerprint density at radius 3 is 2.67 bits per heavy atom. The molecular formula is C21H20. The summed E-state index contributed by atoms with van der Waals surface area (Å²) in [6.07, 6.45) is 3.80. The Morgan fingerprint density at radius 1 is 0.857 bits per heavy atom. The zero-order valence-corrected chi connectivity index (χ0v) is 12.5. The molecule has 104 valence electrons. The van der Waals surface area contributed by atoms with E-state index in [1.165, 1.54) is 41.2 Å². The van der Waals surface area contributed by atoms with Crippen LogP contribution >= 0.6 is 0 Å². The minimum Gasteiger partial charge on any atom is -0.0622 e. The van der Waals surface area contributed by atoms with E-state index in [9.17, 15) is 0 Å². The second-order valence-corrected chi connectivity index (χ2v) is 6.36. The fraction of sp³-hybridized carbons (Fsp3) is 0.238. The van der Waals surface area contributed by atoms with E-state index in [4.69, 9.17) is 0 Å². The quantitative estimate of drug-likeness (QED) is 0.538. The molecule has 0 spiro atoms. The third-order valence-corrected chi connectivity index (χ3v) is 4.78. The van der Waals surface area contributed by atoms with Crippen molar-refractivity contribution in [3.8, 4) is 11.1 Å². The SMILES string of the molecule is CC1CCc2cc(-c3cccc4ccccc34)ccc2C1. The van der Waals surface area contributed by atoms with Gasteiger partial charge in [0.1, 0.15) is 0 Å². The summed E-state index contributed by atoms with van der Waals surface area (Å²) in [4.78, 5) is 0. The molecule has 1 aliphatic carbocycles. The summed E-state index contributed by atoms with van der Waals surface area (Å²) in [5.74, 6) is 0.834.